The molecule has 1 atom stereocenters. The van der Waals surface area contributed by atoms with Crippen LogP contribution in [0.15, 0.2) is 41.3 Å². The Balaban J connectivity index is 1.87. The second-order valence-electron chi connectivity index (χ2n) is 5.54. The van der Waals surface area contributed by atoms with Crippen molar-refractivity contribution in [2.24, 2.45) is 0 Å². The largest absolute Gasteiger partial charge is 0.495 e. The first-order chi connectivity index (χ1) is 11.9. The van der Waals surface area contributed by atoms with Gasteiger partial charge in [0.1, 0.15) is 23.9 Å². The lowest BCUT2D eigenvalue weighted by Gasteiger charge is -2.21. The summed E-state index contributed by atoms with van der Waals surface area (Å²) in [6.07, 6.45) is 0. The molecule has 1 aliphatic heterocycles. The summed E-state index contributed by atoms with van der Waals surface area (Å²) in [5.74, 6) is 1.49. The highest BCUT2D eigenvalue weighted by Gasteiger charge is 2.24. The van der Waals surface area contributed by atoms with E-state index in [1.54, 1.807) is 31.2 Å². The molecule has 0 radical (unpaired) electrons. The Morgan fingerprint density at radius 3 is 2.56 bits per heavy atom. The van der Waals surface area contributed by atoms with Gasteiger partial charge in [0.05, 0.1) is 7.11 Å². The Bertz CT molecular complexity index is 885. The zero-order valence-corrected chi connectivity index (χ0v) is 15.4. The molecule has 0 bridgehead atoms. The fraction of sp³-hybridized carbons (Fsp3) is 0.294. The smallest absolute Gasteiger partial charge is 0.244 e. The van der Waals surface area contributed by atoms with Crippen LogP contribution in [0.5, 0.6) is 17.2 Å². The summed E-state index contributed by atoms with van der Waals surface area (Å²) in [6, 6.07) is 9.32. The molecule has 1 aliphatic rings. The van der Waals surface area contributed by atoms with Gasteiger partial charge in [0, 0.05) is 11.1 Å². The highest BCUT2D eigenvalue weighted by molar-refractivity contribution is 7.89. The fourth-order valence-corrected chi connectivity index (χ4v) is 4.22. The Labute approximate surface area is 151 Å². The van der Waals surface area contributed by atoms with E-state index < -0.39 is 16.1 Å². The minimum absolute atomic E-state index is 0.00751. The normalized spacial score (nSPS) is 14.8. The Kier molecular flexibility index (Phi) is 5.08. The molecular formula is C17H18ClNO5S. The molecule has 0 aliphatic carbocycles. The molecule has 0 fully saturated rings. The van der Waals surface area contributed by atoms with Crippen LogP contribution in [-0.2, 0) is 10.0 Å². The second kappa shape index (κ2) is 7.11. The average molecular weight is 384 g/mol. The van der Waals surface area contributed by atoms with Gasteiger partial charge in [0.2, 0.25) is 10.0 Å². The van der Waals surface area contributed by atoms with Gasteiger partial charge in [-0.15, -0.1) is 0 Å². The molecule has 2 aromatic carbocycles. The lowest BCUT2D eigenvalue weighted by molar-refractivity contribution is 0.171. The third-order valence-corrected chi connectivity index (χ3v) is 5.61. The van der Waals surface area contributed by atoms with Crippen LogP contribution in [-0.4, -0.2) is 28.7 Å². The summed E-state index contributed by atoms with van der Waals surface area (Å²) >= 11 is 5.93. The summed E-state index contributed by atoms with van der Waals surface area (Å²) in [7, 11) is -2.42. The van der Waals surface area contributed by atoms with Gasteiger partial charge in [-0.05, 0) is 42.8 Å². The van der Waals surface area contributed by atoms with E-state index in [4.69, 9.17) is 25.8 Å². The van der Waals surface area contributed by atoms with Crippen LogP contribution in [0.2, 0.25) is 5.02 Å². The van der Waals surface area contributed by atoms with Crippen LogP contribution >= 0.6 is 11.6 Å². The van der Waals surface area contributed by atoms with Crippen molar-refractivity contribution in [1.82, 2.24) is 4.72 Å². The molecule has 3 rings (SSSR count). The molecule has 6 nitrogen and oxygen atoms in total. The van der Waals surface area contributed by atoms with Gasteiger partial charge in [-0.3, -0.25) is 0 Å². The van der Waals surface area contributed by atoms with E-state index in [2.05, 4.69) is 4.72 Å². The standard InChI is InChI=1S/C17H18ClNO5S/c1-11(12-3-5-14-16(9-12)24-8-7-23-14)19-25(20,21)17-10-13(18)4-6-15(17)22-2/h3-6,9-11,19H,7-8H2,1-2H3/t11-/m1/s1. The number of ether oxygens (including phenoxy) is 3. The topological polar surface area (TPSA) is 73.9 Å². The highest BCUT2D eigenvalue weighted by Crippen LogP contribution is 2.33. The molecule has 0 amide bonds. The summed E-state index contributed by atoms with van der Waals surface area (Å²) in [6.45, 7) is 2.72. The summed E-state index contributed by atoms with van der Waals surface area (Å²) < 4.78 is 44.2. The van der Waals surface area contributed by atoms with Crippen LogP contribution in [0, 0.1) is 0 Å². The molecule has 25 heavy (non-hydrogen) atoms. The van der Waals surface area contributed by atoms with Crippen LogP contribution in [0.4, 0.5) is 0 Å². The molecule has 0 spiro atoms. The summed E-state index contributed by atoms with van der Waals surface area (Å²) in [5.41, 5.74) is 0.758. The van der Waals surface area contributed by atoms with Crippen LogP contribution < -0.4 is 18.9 Å². The first kappa shape index (κ1) is 17.8. The van der Waals surface area contributed by atoms with E-state index in [1.165, 1.54) is 19.2 Å². The van der Waals surface area contributed by atoms with E-state index in [-0.39, 0.29) is 10.6 Å². The van der Waals surface area contributed by atoms with Gasteiger partial charge in [0.25, 0.3) is 0 Å². The zero-order chi connectivity index (χ0) is 18.0. The molecule has 134 valence electrons. The Hall–Kier alpha value is -1.96. The molecule has 0 unspecified atom stereocenters. The predicted octanol–water partition coefficient (Wildman–Crippen LogP) is 3.16. The third kappa shape index (κ3) is 3.84. The molecule has 8 heteroatoms. The van der Waals surface area contributed by atoms with Gasteiger partial charge >= 0.3 is 0 Å². The van der Waals surface area contributed by atoms with Crippen molar-refractivity contribution in [2.45, 2.75) is 17.9 Å². The number of halogens is 1. The minimum atomic E-state index is -3.83. The summed E-state index contributed by atoms with van der Waals surface area (Å²) in [5, 5.41) is 0.313. The minimum Gasteiger partial charge on any atom is -0.495 e. The number of fused-ring (bicyclic) bond motifs is 1. The van der Waals surface area contributed by atoms with Crippen LogP contribution in [0.1, 0.15) is 18.5 Å². The molecular weight excluding hydrogens is 366 g/mol. The highest BCUT2D eigenvalue weighted by atomic mass is 35.5. The van der Waals surface area contributed by atoms with E-state index in [9.17, 15) is 8.42 Å². The van der Waals surface area contributed by atoms with Gasteiger partial charge in [-0.1, -0.05) is 17.7 Å². The number of sulfonamides is 1. The SMILES string of the molecule is COc1ccc(Cl)cc1S(=O)(=O)N[C@H](C)c1ccc2c(c1)OCCO2. The first-order valence-corrected chi connectivity index (χ1v) is 9.52. The Morgan fingerprint density at radius 1 is 1.12 bits per heavy atom. The maximum atomic E-state index is 12.7. The molecule has 2 aromatic rings. The van der Waals surface area contributed by atoms with E-state index in [0.29, 0.717) is 29.7 Å². The second-order valence-corrected chi connectivity index (χ2v) is 7.66. The molecule has 1 heterocycles. The maximum absolute atomic E-state index is 12.7. The lowest BCUT2D eigenvalue weighted by atomic mass is 10.1. The number of nitrogens with one attached hydrogen (secondary N) is 1. The third-order valence-electron chi connectivity index (χ3n) is 3.81. The molecule has 1 N–H and O–H groups in total. The monoisotopic (exact) mass is 383 g/mol. The maximum Gasteiger partial charge on any atom is 0.244 e. The quantitative estimate of drug-likeness (QED) is 0.858. The van der Waals surface area contributed by atoms with Gasteiger partial charge in [-0.2, -0.15) is 0 Å². The summed E-state index contributed by atoms with van der Waals surface area (Å²) in [4.78, 5) is -0.00751. The number of methoxy groups -OCH3 is 1. The number of hydrogen-bond acceptors (Lipinski definition) is 5. The van der Waals surface area contributed by atoms with Crippen molar-refractivity contribution in [3.05, 3.63) is 47.0 Å². The fourth-order valence-electron chi connectivity index (χ4n) is 2.55. The van der Waals surface area contributed by atoms with Gasteiger partial charge in [0.15, 0.2) is 11.5 Å². The lowest BCUT2D eigenvalue weighted by Crippen LogP contribution is -2.27. The van der Waals surface area contributed by atoms with Crippen LogP contribution in [0.25, 0.3) is 0 Å². The van der Waals surface area contributed by atoms with Crippen molar-refractivity contribution in [3.8, 4) is 17.2 Å². The molecule has 0 aromatic heterocycles. The number of rotatable bonds is 5. The van der Waals surface area contributed by atoms with Crippen molar-refractivity contribution >= 4 is 21.6 Å². The van der Waals surface area contributed by atoms with Crippen molar-refractivity contribution < 1.29 is 22.6 Å². The van der Waals surface area contributed by atoms with Crippen LogP contribution in [0.3, 0.4) is 0 Å². The molecule has 0 saturated heterocycles. The predicted molar refractivity (Wildman–Crippen MR) is 94.2 cm³/mol. The molecule has 0 saturated carbocycles. The van der Waals surface area contributed by atoms with E-state index in [1.807, 2.05) is 0 Å². The average Bonchev–Trinajstić information content (AvgIpc) is 2.61. The first-order valence-electron chi connectivity index (χ1n) is 7.66. The number of hydrogen-bond donors (Lipinski definition) is 1. The van der Waals surface area contributed by atoms with E-state index in [0.717, 1.165) is 5.56 Å². The van der Waals surface area contributed by atoms with Crippen molar-refractivity contribution in [1.29, 1.82) is 0 Å². The van der Waals surface area contributed by atoms with E-state index >= 15 is 0 Å². The Morgan fingerprint density at radius 2 is 1.84 bits per heavy atom. The van der Waals surface area contributed by atoms with Gasteiger partial charge < -0.3 is 14.2 Å². The van der Waals surface area contributed by atoms with Crippen molar-refractivity contribution in [3.63, 3.8) is 0 Å². The van der Waals surface area contributed by atoms with Crippen molar-refractivity contribution in [2.75, 3.05) is 20.3 Å². The zero-order valence-electron chi connectivity index (χ0n) is 13.8. The van der Waals surface area contributed by atoms with Gasteiger partial charge in [-0.25, -0.2) is 13.1 Å². The number of benzene rings is 2.